The van der Waals surface area contributed by atoms with Gasteiger partial charge in [0.05, 0.1) is 32.2 Å². The van der Waals surface area contributed by atoms with Gasteiger partial charge in [0.2, 0.25) is 5.91 Å². The van der Waals surface area contributed by atoms with Crippen LogP contribution in [0.2, 0.25) is 0 Å². The molecule has 1 amide bonds. The Kier molecular flexibility index (Phi) is 11.2. The predicted octanol–water partition coefficient (Wildman–Crippen LogP) is 7.54. The molecular weight excluding hydrogens is 563 g/mol. The molecule has 45 heavy (non-hydrogen) atoms. The van der Waals surface area contributed by atoms with E-state index in [1.165, 1.54) is 95.1 Å². The van der Waals surface area contributed by atoms with Crippen LogP contribution < -0.4 is 10.8 Å². The van der Waals surface area contributed by atoms with Crippen molar-refractivity contribution in [1.82, 2.24) is 15.8 Å². The highest BCUT2D eigenvalue weighted by Gasteiger charge is 2.51. The molecule has 3 saturated heterocycles. The Hall–Kier alpha value is -2.32. The molecule has 2 N–H and O–H groups in total. The SMILES string of the molecule is O=C(NC1CN(Cc2cccc(F)c2)[N+]2(CCCCCCCCC2)C1)C1CC(c2ccccc2)(C2CCCCCCCC2)ON1. The third-order valence-electron chi connectivity index (χ3n) is 11.3. The van der Waals surface area contributed by atoms with Gasteiger partial charge in [-0.1, -0.05) is 100 Å². The van der Waals surface area contributed by atoms with Gasteiger partial charge in [0.1, 0.15) is 24.0 Å². The van der Waals surface area contributed by atoms with E-state index in [1.54, 1.807) is 6.07 Å². The molecule has 6 rings (SSSR count). The molecule has 3 unspecified atom stereocenters. The smallest absolute Gasteiger partial charge is 0.240 e. The average molecular weight is 620 g/mol. The Bertz CT molecular complexity index is 1210. The minimum atomic E-state index is -0.486. The van der Waals surface area contributed by atoms with Crippen molar-refractivity contribution in [1.29, 1.82) is 0 Å². The first-order valence-electron chi connectivity index (χ1n) is 18.2. The lowest BCUT2D eigenvalue weighted by atomic mass is 9.73. The van der Waals surface area contributed by atoms with Gasteiger partial charge in [-0.05, 0) is 67.7 Å². The van der Waals surface area contributed by atoms with Gasteiger partial charge < -0.3 is 5.32 Å². The topological polar surface area (TPSA) is 53.6 Å². The molecule has 0 bridgehead atoms. The summed E-state index contributed by atoms with van der Waals surface area (Å²) in [5.74, 6) is 0.255. The summed E-state index contributed by atoms with van der Waals surface area (Å²) in [5, 5.41) is 6.03. The van der Waals surface area contributed by atoms with Crippen molar-refractivity contribution in [2.24, 2.45) is 5.92 Å². The fourth-order valence-corrected chi connectivity index (χ4v) is 8.93. The van der Waals surface area contributed by atoms with E-state index in [1.807, 2.05) is 12.1 Å². The second-order valence-electron chi connectivity index (χ2n) is 14.5. The Morgan fingerprint density at radius 3 is 2.18 bits per heavy atom. The van der Waals surface area contributed by atoms with E-state index in [-0.39, 0.29) is 23.8 Å². The molecule has 1 spiro atoms. The summed E-state index contributed by atoms with van der Waals surface area (Å²) in [7, 11) is 0. The molecular formula is C38H56FN4O2+. The number of carbonyl (C=O) groups excluding carboxylic acids is 1. The second-order valence-corrected chi connectivity index (χ2v) is 14.5. The second kappa shape index (κ2) is 15.5. The van der Waals surface area contributed by atoms with Crippen molar-refractivity contribution >= 4 is 5.91 Å². The van der Waals surface area contributed by atoms with Crippen molar-refractivity contribution in [2.45, 2.75) is 127 Å². The normalized spacial score (nSPS) is 29.1. The fraction of sp³-hybridized carbons (Fsp3) is 0.658. The van der Waals surface area contributed by atoms with Crippen LogP contribution in [-0.2, 0) is 21.8 Å². The molecule has 4 aliphatic rings. The van der Waals surface area contributed by atoms with E-state index in [4.69, 9.17) is 4.84 Å². The summed E-state index contributed by atoms with van der Waals surface area (Å²) in [6.45, 7) is 4.56. The Balaban J connectivity index is 1.18. The number of benzene rings is 2. The van der Waals surface area contributed by atoms with Crippen LogP contribution in [-0.4, -0.2) is 53.8 Å². The number of carbonyl (C=O) groups is 1. The van der Waals surface area contributed by atoms with Crippen LogP contribution in [0.15, 0.2) is 54.6 Å². The molecule has 3 aliphatic heterocycles. The minimum Gasteiger partial charge on any atom is -0.345 e. The summed E-state index contributed by atoms with van der Waals surface area (Å²) in [5.41, 5.74) is 4.97. The maximum Gasteiger partial charge on any atom is 0.240 e. The monoisotopic (exact) mass is 619 g/mol. The molecule has 4 fully saturated rings. The number of halogens is 1. The first-order valence-corrected chi connectivity index (χ1v) is 18.2. The molecule has 3 atom stereocenters. The first kappa shape index (κ1) is 32.6. The van der Waals surface area contributed by atoms with E-state index in [0.29, 0.717) is 18.9 Å². The van der Waals surface area contributed by atoms with Gasteiger partial charge in [0.15, 0.2) is 0 Å². The molecule has 2 aromatic carbocycles. The van der Waals surface area contributed by atoms with Gasteiger partial charge in [-0.2, -0.15) is 5.48 Å². The number of quaternary nitrogens is 1. The number of hydrogen-bond donors (Lipinski definition) is 2. The van der Waals surface area contributed by atoms with Gasteiger partial charge in [0, 0.05) is 6.42 Å². The zero-order valence-corrected chi connectivity index (χ0v) is 27.4. The summed E-state index contributed by atoms with van der Waals surface area (Å²) < 4.78 is 15.1. The highest BCUT2D eigenvalue weighted by molar-refractivity contribution is 5.82. The zero-order chi connectivity index (χ0) is 31.0. The van der Waals surface area contributed by atoms with Crippen LogP contribution in [0.25, 0.3) is 0 Å². The molecule has 7 heteroatoms. The van der Waals surface area contributed by atoms with Crippen LogP contribution in [0.1, 0.15) is 114 Å². The van der Waals surface area contributed by atoms with Gasteiger partial charge in [-0.3, -0.25) is 9.63 Å². The fourth-order valence-electron chi connectivity index (χ4n) is 8.93. The Morgan fingerprint density at radius 1 is 0.867 bits per heavy atom. The van der Waals surface area contributed by atoms with E-state index in [2.05, 4.69) is 46.1 Å². The van der Waals surface area contributed by atoms with Crippen LogP contribution in [0, 0.1) is 11.7 Å². The van der Waals surface area contributed by atoms with Crippen molar-refractivity contribution < 1.29 is 18.6 Å². The Morgan fingerprint density at radius 2 is 1.51 bits per heavy atom. The third kappa shape index (κ3) is 7.98. The average Bonchev–Trinajstić information content (AvgIpc) is 3.67. The number of rotatable bonds is 6. The van der Waals surface area contributed by atoms with E-state index < -0.39 is 5.60 Å². The standard InChI is InChI=1S/C38H55FN4O2/c39-34-23-17-18-31(26-34)28-42-29-35(30-43(42)24-15-8-4-1-5-9-16-25-43)40-37(44)36-27-38(45-41-36,33-21-13-10-14-22-33)32-19-11-6-2-3-7-12-20-32/h10,13-14,17-18,21-23,26,32,35-36,41H,1-9,11-12,15-16,19-20,24-25,27-30H2/p+1. The van der Waals surface area contributed by atoms with Crippen molar-refractivity contribution in [3.05, 3.63) is 71.5 Å². The molecule has 2 aromatic rings. The van der Waals surface area contributed by atoms with Crippen molar-refractivity contribution in [2.75, 3.05) is 26.2 Å². The largest absolute Gasteiger partial charge is 0.345 e. The number of nitrogens with zero attached hydrogens (tertiary/aromatic N) is 2. The lowest BCUT2D eigenvalue weighted by Gasteiger charge is -2.41. The first-order chi connectivity index (χ1) is 22.1. The number of nitrogens with one attached hydrogen (secondary N) is 2. The van der Waals surface area contributed by atoms with Gasteiger partial charge in [-0.25, -0.2) is 8.98 Å². The maximum atomic E-state index is 14.2. The van der Waals surface area contributed by atoms with Crippen LogP contribution in [0.3, 0.4) is 0 Å². The van der Waals surface area contributed by atoms with Gasteiger partial charge in [-0.15, -0.1) is 5.01 Å². The predicted molar refractivity (Wildman–Crippen MR) is 177 cm³/mol. The summed E-state index contributed by atoms with van der Waals surface area (Å²) in [6.07, 6.45) is 19.5. The lowest BCUT2D eigenvalue weighted by Crippen LogP contribution is -2.57. The number of hydroxylamine groups is 1. The van der Waals surface area contributed by atoms with Crippen LogP contribution >= 0.6 is 0 Å². The molecule has 1 aliphatic carbocycles. The summed E-state index contributed by atoms with van der Waals surface area (Å²) in [4.78, 5) is 20.7. The molecule has 1 saturated carbocycles. The number of amides is 1. The third-order valence-corrected chi connectivity index (χ3v) is 11.3. The molecule has 0 radical (unpaired) electrons. The zero-order valence-electron chi connectivity index (χ0n) is 27.4. The maximum absolute atomic E-state index is 14.2. The Labute approximate surface area is 270 Å². The minimum absolute atomic E-state index is 0.0485. The van der Waals surface area contributed by atoms with Crippen molar-refractivity contribution in [3.8, 4) is 0 Å². The molecule has 3 heterocycles. The summed E-state index contributed by atoms with van der Waals surface area (Å²) >= 11 is 0. The molecule has 6 nitrogen and oxygen atoms in total. The lowest BCUT2D eigenvalue weighted by molar-refractivity contribution is -1.02. The highest BCUT2D eigenvalue weighted by Crippen LogP contribution is 2.46. The van der Waals surface area contributed by atoms with E-state index >= 15 is 0 Å². The van der Waals surface area contributed by atoms with E-state index in [9.17, 15) is 9.18 Å². The van der Waals surface area contributed by atoms with Gasteiger partial charge >= 0.3 is 0 Å². The highest BCUT2D eigenvalue weighted by atomic mass is 19.1. The van der Waals surface area contributed by atoms with E-state index in [0.717, 1.165) is 49.2 Å². The molecule has 0 aromatic heterocycles. The number of hydrogen-bond acceptors (Lipinski definition) is 4. The quantitative estimate of drug-likeness (QED) is 0.328. The van der Waals surface area contributed by atoms with Crippen LogP contribution in [0.4, 0.5) is 4.39 Å². The van der Waals surface area contributed by atoms with Crippen molar-refractivity contribution in [3.63, 3.8) is 0 Å². The van der Waals surface area contributed by atoms with Gasteiger partial charge in [0.25, 0.3) is 0 Å². The van der Waals surface area contributed by atoms with Crippen LogP contribution in [0.5, 0.6) is 0 Å². The summed E-state index contributed by atoms with van der Waals surface area (Å²) in [6, 6.07) is 17.4. The molecule has 246 valence electrons.